The molecule has 0 unspecified atom stereocenters. The summed E-state index contributed by atoms with van der Waals surface area (Å²) in [4.78, 5) is 9.65. The van der Waals surface area contributed by atoms with Crippen molar-refractivity contribution >= 4 is 46.2 Å². The van der Waals surface area contributed by atoms with Crippen molar-refractivity contribution in [1.29, 1.82) is 0 Å². The summed E-state index contributed by atoms with van der Waals surface area (Å²) < 4.78 is 48.2. The molecule has 6 heteroatoms. The molecular weight excluding hydrogens is 903 g/mol. The summed E-state index contributed by atoms with van der Waals surface area (Å²) >= 11 is 0. The molecule has 0 atom stereocenters. The summed E-state index contributed by atoms with van der Waals surface area (Å²) in [5.41, 5.74) is 12.7. The molecule has 0 N–H and O–H groups in total. The van der Waals surface area contributed by atoms with Crippen LogP contribution in [0.4, 0.5) is 0 Å². The first kappa shape index (κ1) is 34.6. The van der Waals surface area contributed by atoms with Crippen LogP contribution in [0.3, 0.4) is 0 Å². The Morgan fingerprint density at radius 3 is 2.24 bits per heavy atom. The van der Waals surface area contributed by atoms with E-state index in [0.29, 0.717) is 16.8 Å². The number of furan rings is 1. The number of aromatic nitrogens is 3. The maximum atomic E-state index is 8.59. The summed E-state index contributed by atoms with van der Waals surface area (Å²) in [7, 11) is -1.78. The zero-order chi connectivity index (χ0) is 44.1. The number of hydrogen-bond acceptors (Lipinski definition) is 3. The van der Waals surface area contributed by atoms with Gasteiger partial charge in [-0.3, -0.25) is 4.98 Å². The van der Waals surface area contributed by atoms with Gasteiger partial charge in [0.05, 0.1) is 30.5 Å². The monoisotopic (exact) mass is 957 g/mol. The van der Waals surface area contributed by atoms with Crippen molar-refractivity contribution in [3.05, 3.63) is 168 Å². The summed E-state index contributed by atoms with van der Waals surface area (Å²) in [6.07, 6.45) is 0.328. The van der Waals surface area contributed by atoms with Crippen LogP contribution in [0.2, 0.25) is 19.6 Å². The molecule has 0 aliphatic carbocycles. The molecule has 4 nitrogen and oxygen atoms in total. The number of rotatable bonds is 7. The van der Waals surface area contributed by atoms with Crippen molar-refractivity contribution in [3.8, 4) is 39.5 Å². The normalized spacial score (nSPS) is 13.3. The molecule has 6 aromatic carbocycles. The Labute approximate surface area is 364 Å². The molecule has 58 heavy (non-hydrogen) atoms. The van der Waals surface area contributed by atoms with Crippen LogP contribution in [0.25, 0.3) is 72.4 Å². The number of aryl methyl sites for hydroxylation is 3. The molecule has 9 rings (SSSR count). The molecule has 0 fully saturated rings. The minimum Gasteiger partial charge on any atom is -0.501 e. The van der Waals surface area contributed by atoms with Crippen molar-refractivity contribution < 1.29 is 31.4 Å². The van der Waals surface area contributed by atoms with Crippen LogP contribution in [0.15, 0.2) is 138 Å². The number of pyridine rings is 1. The first-order valence-electron chi connectivity index (χ1n) is 21.9. The van der Waals surface area contributed by atoms with E-state index in [1.165, 1.54) is 28.3 Å². The van der Waals surface area contributed by atoms with Gasteiger partial charge in [0.25, 0.3) is 0 Å². The van der Waals surface area contributed by atoms with Gasteiger partial charge in [-0.15, -0.1) is 53.6 Å². The van der Waals surface area contributed by atoms with Gasteiger partial charge >= 0.3 is 0 Å². The third kappa shape index (κ3) is 8.15. The Hall–Kier alpha value is -5.39. The maximum absolute atomic E-state index is 8.59. The topological polar surface area (TPSA) is 43.9 Å². The first-order valence-corrected chi connectivity index (χ1v) is 22.9. The van der Waals surface area contributed by atoms with E-state index in [-0.39, 0.29) is 31.6 Å². The Bertz CT molecular complexity index is 3050. The minimum atomic E-state index is -2.16. The van der Waals surface area contributed by atoms with Gasteiger partial charge in [-0.2, -0.15) is 0 Å². The molecule has 0 spiro atoms. The second-order valence-corrected chi connectivity index (χ2v) is 21.0. The number of fused-ring (bicyclic) bond motifs is 4. The predicted molar refractivity (Wildman–Crippen MR) is 242 cm³/mol. The van der Waals surface area contributed by atoms with Crippen LogP contribution in [0.1, 0.15) is 43.0 Å². The molecule has 0 aliphatic heterocycles. The molecule has 0 saturated heterocycles. The fourth-order valence-electron chi connectivity index (χ4n) is 7.60. The Morgan fingerprint density at radius 2 is 1.53 bits per heavy atom. The summed E-state index contributed by atoms with van der Waals surface area (Å²) in [6, 6.07) is 48.6. The van der Waals surface area contributed by atoms with Gasteiger partial charge in [0.2, 0.25) is 0 Å². The average molecular weight is 957 g/mol. The van der Waals surface area contributed by atoms with Crippen LogP contribution in [-0.2, 0) is 26.5 Å². The summed E-state index contributed by atoms with van der Waals surface area (Å²) in [5.74, 6) is 0.661. The third-order valence-electron chi connectivity index (χ3n) is 10.2. The number of para-hydroxylation sites is 3. The van der Waals surface area contributed by atoms with Crippen molar-refractivity contribution in [2.24, 2.45) is 5.92 Å². The Balaban J connectivity index is 0.000000197. The fourth-order valence-corrected chi connectivity index (χ4v) is 9.00. The minimum absolute atomic E-state index is 0. The largest absolute Gasteiger partial charge is 0.501 e. The molecule has 3 heterocycles. The molecule has 0 aliphatic rings. The molecule has 0 bridgehead atoms. The molecule has 3 aromatic heterocycles. The van der Waals surface area contributed by atoms with Gasteiger partial charge in [-0.05, 0) is 89.6 Å². The van der Waals surface area contributed by atoms with Crippen LogP contribution >= 0.6 is 0 Å². The second-order valence-electron chi connectivity index (χ2n) is 15.9. The second kappa shape index (κ2) is 16.8. The maximum Gasteiger partial charge on any atom is 0.120 e. The SMILES string of the molecule is Cc1cc(-c2ccccc2)cc(C)c1-n1c(-c2[c-]ccc3c2oc2ccccc23)nc2ccccc21.[2H]C([2H])([2H])c1c[c-]c(-c2cc(C([2H])([2H])C(C)C)c([Si](C)(C)C)cn2)cc1.[Ir]. The predicted octanol–water partition coefficient (Wildman–Crippen LogP) is 13.3. The van der Waals surface area contributed by atoms with Crippen LogP contribution in [0, 0.1) is 38.8 Å². The van der Waals surface area contributed by atoms with Gasteiger partial charge < -0.3 is 14.0 Å². The van der Waals surface area contributed by atoms with E-state index in [9.17, 15) is 0 Å². The van der Waals surface area contributed by atoms with Gasteiger partial charge in [0.15, 0.2) is 0 Å². The third-order valence-corrected chi connectivity index (χ3v) is 12.2. The van der Waals surface area contributed by atoms with E-state index < -0.39 is 21.3 Å². The van der Waals surface area contributed by atoms with Crippen LogP contribution < -0.4 is 5.19 Å². The number of benzene rings is 6. The molecule has 9 aromatic rings. The zero-order valence-electron chi connectivity index (χ0n) is 38.9. The fraction of sp³-hybridized carbons (Fsp3) is 0.192. The van der Waals surface area contributed by atoms with Crippen molar-refractivity contribution in [2.45, 2.75) is 60.6 Å². The number of imidazole rings is 1. The standard InChI is InChI=1S/C33H23N2O.C19H26NSi.Ir/c1-21-19-24(23-11-4-3-5-12-23)20-22(2)31(21)35-29-17-8-7-16-28(29)34-33(35)27-15-10-14-26-25-13-6-9-18-30(25)36-32(26)27;1-14(2)11-17-12-18(16-9-7-15(3)8-10-16)20-13-19(17)21(4,5)6;/h3-14,16-20H,1-2H3;7-9,12-14H,11H2,1-6H3;/q2*-1;/i;3D3,11D2;. The van der Waals surface area contributed by atoms with E-state index in [1.807, 2.05) is 50.2 Å². The summed E-state index contributed by atoms with van der Waals surface area (Å²) in [6.45, 7) is 12.5. The van der Waals surface area contributed by atoms with Crippen molar-refractivity contribution in [2.75, 3.05) is 0 Å². The van der Waals surface area contributed by atoms with E-state index in [0.717, 1.165) is 55.2 Å². The van der Waals surface area contributed by atoms with Gasteiger partial charge in [0.1, 0.15) is 5.58 Å². The average Bonchev–Trinajstić information content (AvgIpc) is 3.82. The number of hydrogen-bond donors (Lipinski definition) is 0. The first-order chi connectivity index (χ1) is 29.4. The molecule has 1 radical (unpaired) electrons. The quantitative estimate of drug-likeness (QED) is 0.118. The molecule has 0 saturated carbocycles. The Morgan fingerprint density at radius 1 is 0.810 bits per heavy atom. The van der Waals surface area contributed by atoms with Crippen molar-refractivity contribution in [3.63, 3.8) is 0 Å². The van der Waals surface area contributed by atoms with E-state index in [4.69, 9.17) is 16.3 Å². The van der Waals surface area contributed by atoms with E-state index in [1.54, 1.807) is 18.3 Å². The molecule has 293 valence electrons. The molecule has 0 amide bonds. The van der Waals surface area contributed by atoms with Crippen LogP contribution in [-0.4, -0.2) is 22.6 Å². The van der Waals surface area contributed by atoms with E-state index in [2.05, 4.69) is 128 Å². The molecular formula is C52H49IrN3OSi-2. The van der Waals surface area contributed by atoms with E-state index >= 15 is 0 Å². The van der Waals surface area contributed by atoms with Gasteiger partial charge in [0, 0.05) is 44.2 Å². The van der Waals surface area contributed by atoms with Gasteiger partial charge in [-0.25, -0.2) is 0 Å². The van der Waals surface area contributed by atoms with Crippen molar-refractivity contribution in [1.82, 2.24) is 14.5 Å². The van der Waals surface area contributed by atoms with Gasteiger partial charge in [-0.1, -0.05) is 124 Å². The number of nitrogens with zero attached hydrogens (tertiary/aromatic N) is 3. The smallest absolute Gasteiger partial charge is 0.120 e. The zero-order valence-corrected chi connectivity index (χ0v) is 37.3. The summed E-state index contributed by atoms with van der Waals surface area (Å²) in [5, 5.41) is 3.19. The Kier molecular flexibility index (Phi) is 10.1. The van der Waals surface area contributed by atoms with Crippen LogP contribution in [0.5, 0.6) is 0 Å².